The minimum Gasteiger partial charge on any atom is -0.481 e. The Morgan fingerprint density at radius 2 is 2.00 bits per heavy atom. The highest BCUT2D eigenvalue weighted by Gasteiger charge is 2.41. The van der Waals surface area contributed by atoms with Crippen molar-refractivity contribution in [1.29, 1.82) is 0 Å². The summed E-state index contributed by atoms with van der Waals surface area (Å²) in [4.78, 5) is 30.7. The lowest BCUT2D eigenvalue weighted by molar-refractivity contribution is -0.148. The molecule has 1 aromatic heterocycles. The van der Waals surface area contributed by atoms with Gasteiger partial charge in [0.1, 0.15) is 10.8 Å². The van der Waals surface area contributed by atoms with Crippen molar-refractivity contribution in [3.8, 4) is 0 Å². The fraction of sp³-hybridized carbons (Fsp3) is 0.500. The van der Waals surface area contributed by atoms with Gasteiger partial charge in [-0.05, 0) is 12.8 Å². The van der Waals surface area contributed by atoms with E-state index in [9.17, 15) is 14.7 Å². The van der Waals surface area contributed by atoms with Gasteiger partial charge >= 0.3 is 5.97 Å². The number of nitrogens with zero attached hydrogens (tertiary/aromatic N) is 2. The first-order chi connectivity index (χ1) is 9.03. The van der Waals surface area contributed by atoms with Crippen LogP contribution in [0.15, 0.2) is 12.4 Å². The fourth-order valence-corrected chi connectivity index (χ4v) is 2.39. The largest absolute Gasteiger partial charge is 0.481 e. The molecule has 2 N–H and O–H groups in total. The number of rotatable bonds is 4. The van der Waals surface area contributed by atoms with Crippen molar-refractivity contribution in [3.63, 3.8) is 0 Å². The highest BCUT2D eigenvalue weighted by atomic mass is 35.5. The lowest BCUT2D eigenvalue weighted by Crippen LogP contribution is -2.41. The highest BCUT2D eigenvalue weighted by molar-refractivity contribution is 6.29. The van der Waals surface area contributed by atoms with Gasteiger partial charge in [-0.1, -0.05) is 24.4 Å². The molecule has 1 aliphatic rings. The third-order valence-electron chi connectivity index (χ3n) is 3.45. The van der Waals surface area contributed by atoms with E-state index < -0.39 is 17.3 Å². The van der Waals surface area contributed by atoms with Crippen molar-refractivity contribution in [1.82, 2.24) is 15.3 Å². The van der Waals surface area contributed by atoms with Crippen LogP contribution in [0, 0.1) is 5.41 Å². The molecule has 102 valence electrons. The quantitative estimate of drug-likeness (QED) is 0.874. The average Bonchev–Trinajstić information content (AvgIpc) is 2.87. The van der Waals surface area contributed by atoms with Crippen LogP contribution in [0.5, 0.6) is 0 Å². The predicted molar refractivity (Wildman–Crippen MR) is 67.9 cm³/mol. The topological polar surface area (TPSA) is 92.2 Å². The van der Waals surface area contributed by atoms with Crippen molar-refractivity contribution < 1.29 is 14.7 Å². The molecule has 1 saturated carbocycles. The third kappa shape index (κ3) is 3.01. The summed E-state index contributed by atoms with van der Waals surface area (Å²) in [5, 5.41) is 12.1. The van der Waals surface area contributed by atoms with Crippen LogP contribution in [-0.2, 0) is 4.79 Å². The minimum atomic E-state index is -0.854. The first kappa shape index (κ1) is 13.7. The number of carbonyl (C=O) groups is 2. The van der Waals surface area contributed by atoms with Gasteiger partial charge in [0.2, 0.25) is 0 Å². The lowest BCUT2D eigenvalue weighted by Gasteiger charge is -2.23. The van der Waals surface area contributed by atoms with E-state index in [-0.39, 0.29) is 17.4 Å². The number of amides is 1. The van der Waals surface area contributed by atoms with Crippen LogP contribution in [0.1, 0.15) is 36.2 Å². The summed E-state index contributed by atoms with van der Waals surface area (Å²) < 4.78 is 0. The van der Waals surface area contributed by atoms with E-state index >= 15 is 0 Å². The van der Waals surface area contributed by atoms with Gasteiger partial charge in [0.25, 0.3) is 5.91 Å². The van der Waals surface area contributed by atoms with Gasteiger partial charge in [0.15, 0.2) is 0 Å². The summed E-state index contributed by atoms with van der Waals surface area (Å²) in [6.45, 7) is 0.117. The lowest BCUT2D eigenvalue weighted by atomic mass is 9.86. The van der Waals surface area contributed by atoms with Crippen LogP contribution in [-0.4, -0.2) is 33.5 Å². The molecule has 0 saturated heterocycles. The summed E-state index contributed by atoms with van der Waals surface area (Å²) in [7, 11) is 0. The Labute approximate surface area is 115 Å². The monoisotopic (exact) mass is 283 g/mol. The van der Waals surface area contributed by atoms with Crippen molar-refractivity contribution in [2.24, 2.45) is 5.41 Å². The smallest absolute Gasteiger partial charge is 0.311 e. The van der Waals surface area contributed by atoms with Gasteiger partial charge in [-0.15, -0.1) is 0 Å². The third-order valence-corrected chi connectivity index (χ3v) is 3.65. The normalized spacial score (nSPS) is 17.1. The SMILES string of the molecule is O=C(NCC1(C(=O)O)CCCC1)c1cnc(Cl)cn1. The Kier molecular flexibility index (Phi) is 3.99. The molecular formula is C12H14ClN3O3. The minimum absolute atomic E-state index is 0.117. The molecule has 0 unspecified atom stereocenters. The molecule has 0 bridgehead atoms. The summed E-state index contributed by atoms with van der Waals surface area (Å²) in [5.41, 5.74) is -0.710. The van der Waals surface area contributed by atoms with Crippen molar-refractivity contribution in [2.45, 2.75) is 25.7 Å². The Hall–Kier alpha value is -1.69. The zero-order chi connectivity index (χ0) is 13.9. The van der Waals surface area contributed by atoms with Gasteiger partial charge < -0.3 is 10.4 Å². The second-order valence-corrected chi connectivity index (χ2v) is 5.09. The second-order valence-electron chi connectivity index (χ2n) is 4.70. The average molecular weight is 284 g/mol. The predicted octanol–water partition coefficient (Wildman–Crippen LogP) is 1.50. The van der Waals surface area contributed by atoms with E-state index in [1.807, 2.05) is 0 Å². The second kappa shape index (κ2) is 5.52. The van der Waals surface area contributed by atoms with Gasteiger partial charge in [-0.25, -0.2) is 9.97 Å². The van der Waals surface area contributed by atoms with E-state index in [0.717, 1.165) is 12.8 Å². The number of carbonyl (C=O) groups excluding carboxylic acids is 1. The van der Waals surface area contributed by atoms with E-state index in [0.29, 0.717) is 12.8 Å². The fourth-order valence-electron chi connectivity index (χ4n) is 2.29. The van der Waals surface area contributed by atoms with Crippen molar-refractivity contribution in [2.75, 3.05) is 6.54 Å². The Morgan fingerprint density at radius 3 is 2.53 bits per heavy atom. The van der Waals surface area contributed by atoms with Gasteiger partial charge in [-0.3, -0.25) is 9.59 Å². The van der Waals surface area contributed by atoms with Crippen LogP contribution >= 0.6 is 11.6 Å². The van der Waals surface area contributed by atoms with Crippen LogP contribution in [0.3, 0.4) is 0 Å². The van der Waals surface area contributed by atoms with E-state index in [4.69, 9.17) is 11.6 Å². The first-order valence-electron chi connectivity index (χ1n) is 6.03. The molecule has 6 nitrogen and oxygen atoms in total. The van der Waals surface area contributed by atoms with Gasteiger partial charge in [-0.2, -0.15) is 0 Å². The number of aromatic nitrogens is 2. The van der Waals surface area contributed by atoms with Gasteiger partial charge in [0, 0.05) is 6.54 Å². The molecule has 1 amide bonds. The molecule has 0 aliphatic heterocycles. The highest BCUT2D eigenvalue weighted by Crippen LogP contribution is 2.37. The van der Waals surface area contributed by atoms with Crippen molar-refractivity contribution in [3.05, 3.63) is 23.2 Å². The maximum absolute atomic E-state index is 11.8. The molecule has 2 rings (SSSR count). The van der Waals surface area contributed by atoms with E-state index in [1.54, 1.807) is 0 Å². The maximum Gasteiger partial charge on any atom is 0.311 e. The number of hydrogen-bond acceptors (Lipinski definition) is 4. The number of halogens is 1. The van der Waals surface area contributed by atoms with E-state index in [1.165, 1.54) is 12.4 Å². The number of aliphatic carboxylic acids is 1. The van der Waals surface area contributed by atoms with Crippen LogP contribution in [0.2, 0.25) is 5.15 Å². The Bertz CT molecular complexity index is 483. The zero-order valence-electron chi connectivity index (χ0n) is 10.2. The molecular weight excluding hydrogens is 270 g/mol. The zero-order valence-corrected chi connectivity index (χ0v) is 11.0. The molecule has 0 aromatic carbocycles. The van der Waals surface area contributed by atoms with Crippen molar-refractivity contribution >= 4 is 23.5 Å². The molecule has 0 atom stereocenters. The number of nitrogens with one attached hydrogen (secondary N) is 1. The Morgan fingerprint density at radius 1 is 1.32 bits per heavy atom. The molecule has 0 radical (unpaired) electrons. The molecule has 1 aromatic rings. The standard InChI is InChI=1S/C12H14ClN3O3/c13-9-6-14-8(5-15-9)10(17)16-7-12(11(18)19)3-1-2-4-12/h5-6H,1-4,7H2,(H,16,17)(H,18,19). The summed E-state index contributed by atoms with van der Waals surface area (Å²) in [6, 6.07) is 0. The Balaban J connectivity index is 1.99. The number of hydrogen-bond donors (Lipinski definition) is 2. The molecule has 1 aliphatic carbocycles. The molecule has 19 heavy (non-hydrogen) atoms. The van der Waals surface area contributed by atoms with E-state index in [2.05, 4.69) is 15.3 Å². The number of carboxylic acid groups (broad SMARTS) is 1. The molecule has 0 spiro atoms. The molecule has 1 heterocycles. The van der Waals surface area contributed by atoms with Gasteiger partial charge in [0.05, 0.1) is 17.8 Å². The summed E-state index contributed by atoms with van der Waals surface area (Å²) >= 11 is 5.58. The summed E-state index contributed by atoms with van der Waals surface area (Å²) in [5.74, 6) is -1.29. The molecule has 7 heteroatoms. The maximum atomic E-state index is 11.8. The number of carboxylic acids is 1. The van der Waals surface area contributed by atoms with Crippen LogP contribution in [0.25, 0.3) is 0 Å². The first-order valence-corrected chi connectivity index (χ1v) is 6.40. The van der Waals surface area contributed by atoms with Crippen LogP contribution in [0.4, 0.5) is 0 Å². The van der Waals surface area contributed by atoms with Crippen LogP contribution < -0.4 is 5.32 Å². The summed E-state index contributed by atoms with van der Waals surface area (Å²) in [6.07, 6.45) is 5.48. The molecule has 1 fully saturated rings.